The van der Waals surface area contributed by atoms with E-state index in [1.54, 1.807) is 4.90 Å². The number of urea groups is 1. The maximum absolute atomic E-state index is 11.7. The number of hydrogen-bond acceptors (Lipinski definition) is 3. The molecule has 2 heterocycles. The number of nitrogens with one attached hydrogen (secondary N) is 2. The standard InChI is InChI=1S/C16H23N3O2/c1-10-6-13(9-21-10)15(17-2)11-4-5-14-12(7-11)8-19(3)16(20)18-14/h4-5,7,10,13,15,17H,6,8-9H2,1-3H3,(H,18,20). The monoisotopic (exact) mass is 289 g/mol. The lowest BCUT2D eigenvalue weighted by Crippen LogP contribution is -2.35. The van der Waals surface area contributed by atoms with Crippen molar-refractivity contribution in [1.29, 1.82) is 0 Å². The lowest BCUT2D eigenvalue weighted by molar-refractivity contribution is 0.117. The summed E-state index contributed by atoms with van der Waals surface area (Å²) in [6, 6.07) is 6.57. The summed E-state index contributed by atoms with van der Waals surface area (Å²) >= 11 is 0. The molecule has 1 saturated heterocycles. The fourth-order valence-electron chi connectivity index (χ4n) is 3.35. The zero-order valence-electron chi connectivity index (χ0n) is 12.8. The highest BCUT2D eigenvalue weighted by atomic mass is 16.5. The van der Waals surface area contributed by atoms with Crippen LogP contribution < -0.4 is 10.6 Å². The average molecular weight is 289 g/mol. The molecule has 3 unspecified atom stereocenters. The van der Waals surface area contributed by atoms with Gasteiger partial charge >= 0.3 is 6.03 Å². The van der Waals surface area contributed by atoms with Crippen molar-refractivity contribution in [2.45, 2.75) is 32.0 Å². The zero-order chi connectivity index (χ0) is 15.0. The molecule has 2 aliphatic rings. The van der Waals surface area contributed by atoms with Crippen LogP contribution in [0, 0.1) is 5.92 Å². The van der Waals surface area contributed by atoms with Crippen molar-refractivity contribution in [3.63, 3.8) is 0 Å². The first-order chi connectivity index (χ1) is 10.1. The second kappa shape index (κ2) is 5.66. The Hall–Kier alpha value is -1.59. The summed E-state index contributed by atoms with van der Waals surface area (Å²) in [6.45, 7) is 3.59. The van der Waals surface area contributed by atoms with E-state index in [2.05, 4.69) is 29.7 Å². The van der Waals surface area contributed by atoms with Crippen LogP contribution in [-0.4, -0.2) is 37.7 Å². The molecular weight excluding hydrogens is 266 g/mol. The van der Waals surface area contributed by atoms with Crippen molar-refractivity contribution in [2.75, 3.05) is 26.0 Å². The van der Waals surface area contributed by atoms with Gasteiger partial charge in [0.15, 0.2) is 0 Å². The quantitative estimate of drug-likeness (QED) is 0.898. The largest absolute Gasteiger partial charge is 0.378 e. The van der Waals surface area contributed by atoms with E-state index in [1.165, 1.54) is 11.1 Å². The van der Waals surface area contributed by atoms with Crippen molar-refractivity contribution in [2.24, 2.45) is 5.92 Å². The van der Waals surface area contributed by atoms with Crippen LogP contribution in [0.5, 0.6) is 0 Å². The number of carbonyl (C=O) groups is 1. The van der Waals surface area contributed by atoms with Crippen molar-refractivity contribution in [3.8, 4) is 0 Å². The Morgan fingerprint density at radius 1 is 1.48 bits per heavy atom. The van der Waals surface area contributed by atoms with Crippen LogP contribution in [0.3, 0.4) is 0 Å². The number of ether oxygens (including phenoxy) is 1. The molecule has 5 nitrogen and oxygen atoms in total. The smallest absolute Gasteiger partial charge is 0.321 e. The van der Waals surface area contributed by atoms with Crippen LogP contribution in [0.2, 0.25) is 0 Å². The van der Waals surface area contributed by atoms with E-state index >= 15 is 0 Å². The lowest BCUT2D eigenvalue weighted by atomic mass is 9.89. The average Bonchev–Trinajstić information content (AvgIpc) is 2.87. The SMILES string of the molecule is CNC(c1ccc2c(c1)CN(C)C(=O)N2)C1COC(C)C1. The first-order valence-corrected chi connectivity index (χ1v) is 7.52. The van der Waals surface area contributed by atoms with E-state index in [1.807, 2.05) is 20.2 Å². The lowest BCUT2D eigenvalue weighted by Gasteiger charge is -2.28. The van der Waals surface area contributed by atoms with Crippen molar-refractivity contribution >= 4 is 11.7 Å². The molecule has 0 aromatic heterocycles. The number of carbonyl (C=O) groups excluding carboxylic acids is 1. The number of nitrogens with zero attached hydrogens (tertiary/aromatic N) is 1. The summed E-state index contributed by atoms with van der Waals surface area (Å²) in [5, 5.41) is 6.34. The molecule has 0 bridgehead atoms. The summed E-state index contributed by atoms with van der Waals surface area (Å²) in [7, 11) is 3.81. The summed E-state index contributed by atoms with van der Waals surface area (Å²) in [5.74, 6) is 0.499. The molecule has 114 valence electrons. The molecule has 3 rings (SSSR count). The molecule has 1 fully saturated rings. The first-order valence-electron chi connectivity index (χ1n) is 7.52. The van der Waals surface area contributed by atoms with Gasteiger partial charge in [-0.25, -0.2) is 4.79 Å². The van der Waals surface area contributed by atoms with Crippen LogP contribution in [0.15, 0.2) is 18.2 Å². The molecule has 0 saturated carbocycles. The molecule has 2 amide bonds. The fraction of sp³-hybridized carbons (Fsp3) is 0.562. The highest BCUT2D eigenvalue weighted by molar-refractivity contribution is 5.92. The highest BCUT2D eigenvalue weighted by Crippen LogP contribution is 2.34. The van der Waals surface area contributed by atoms with Gasteiger partial charge in [-0.15, -0.1) is 0 Å². The van der Waals surface area contributed by atoms with Gasteiger partial charge in [0.1, 0.15) is 0 Å². The molecule has 1 aromatic rings. The molecule has 2 aliphatic heterocycles. The van der Waals surface area contributed by atoms with E-state index in [9.17, 15) is 4.79 Å². The third-order valence-corrected chi connectivity index (χ3v) is 4.50. The van der Waals surface area contributed by atoms with Gasteiger partial charge in [-0.3, -0.25) is 0 Å². The molecule has 3 atom stereocenters. The maximum atomic E-state index is 11.7. The third-order valence-electron chi connectivity index (χ3n) is 4.50. The fourth-order valence-corrected chi connectivity index (χ4v) is 3.35. The van der Waals surface area contributed by atoms with Crippen LogP contribution in [0.25, 0.3) is 0 Å². The number of benzene rings is 1. The number of hydrogen-bond donors (Lipinski definition) is 2. The van der Waals surface area contributed by atoms with Gasteiger partial charge in [0.05, 0.1) is 12.7 Å². The summed E-state index contributed by atoms with van der Waals surface area (Å²) < 4.78 is 5.71. The second-order valence-corrected chi connectivity index (χ2v) is 6.11. The Morgan fingerprint density at radius 2 is 2.29 bits per heavy atom. The van der Waals surface area contributed by atoms with Crippen molar-refractivity contribution in [1.82, 2.24) is 10.2 Å². The van der Waals surface area contributed by atoms with Gasteiger partial charge in [0.2, 0.25) is 0 Å². The maximum Gasteiger partial charge on any atom is 0.321 e. The molecule has 5 heteroatoms. The topological polar surface area (TPSA) is 53.6 Å². The third kappa shape index (κ3) is 2.76. The normalized spacial score (nSPS) is 26.4. The minimum atomic E-state index is -0.0431. The van der Waals surface area contributed by atoms with E-state index in [4.69, 9.17) is 4.74 Å². The van der Waals surface area contributed by atoms with Gasteiger partial charge in [0.25, 0.3) is 0 Å². The Morgan fingerprint density at radius 3 is 2.95 bits per heavy atom. The van der Waals surface area contributed by atoms with Crippen LogP contribution in [0.4, 0.5) is 10.5 Å². The van der Waals surface area contributed by atoms with Gasteiger partial charge in [-0.2, -0.15) is 0 Å². The highest BCUT2D eigenvalue weighted by Gasteiger charge is 2.30. The van der Waals surface area contributed by atoms with E-state index < -0.39 is 0 Å². The molecule has 1 aromatic carbocycles. The van der Waals surface area contributed by atoms with Crippen molar-refractivity contribution in [3.05, 3.63) is 29.3 Å². The van der Waals surface area contributed by atoms with Gasteiger partial charge in [-0.05, 0) is 37.6 Å². The van der Waals surface area contributed by atoms with Gasteiger partial charge in [-0.1, -0.05) is 12.1 Å². The van der Waals surface area contributed by atoms with Crippen LogP contribution in [-0.2, 0) is 11.3 Å². The molecule has 0 radical (unpaired) electrons. The Bertz CT molecular complexity index is 546. The number of anilines is 1. The summed E-state index contributed by atoms with van der Waals surface area (Å²) in [6.07, 6.45) is 1.42. The molecule has 21 heavy (non-hydrogen) atoms. The van der Waals surface area contributed by atoms with Crippen LogP contribution >= 0.6 is 0 Å². The Labute approximate surface area is 125 Å². The van der Waals surface area contributed by atoms with Crippen molar-refractivity contribution < 1.29 is 9.53 Å². The Balaban J connectivity index is 1.85. The molecule has 0 aliphatic carbocycles. The van der Waals surface area contributed by atoms with Crippen LogP contribution in [0.1, 0.15) is 30.5 Å². The van der Waals surface area contributed by atoms with Gasteiger partial charge < -0.3 is 20.3 Å². The van der Waals surface area contributed by atoms with E-state index in [0.29, 0.717) is 24.6 Å². The number of rotatable bonds is 3. The minimum Gasteiger partial charge on any atom is -0.378 e. The predicted octanol–water partition coefficient (Wildman–Crippen LogP) is 2.35. The number of amides is 2. The van der Waals surface area contributed by atoms with E-state index in [-0.39, 0.29) is 6.03 Å². The molecule has 0 spiro atoms. The van der Waals surface area contributed by atoms with E-state index in [0.717, 1.165) is 18.7 Å². The zero-order valence-corrected chi connectivity index (χ0v) is 12.8. The molecular formula is C16H23N3O2. The first kappa shape index (κ1) is 14.4. The second-order valence-electron chi connectivity index (χ2n) is 6.11. The summed E-state index contributed by atoms with van der Waals surface area (Å²) in [5.41, 5.74) is 3.36. The Kier molecular flexibility index (Phi) is 3.87. The minimum absolute atomic E-state index is 0.0431. The summed E-state index contributed by atoms with van der Waals surface area (Å²) in [4.78, 5) is 13.4. The molecule has 2 N–H and O–H groups in total. The predicted molar refractivity (Wildman–Crippen MR) is 82.2 cm³/mol. The number of fused-ring (bicyclic) bond motifs is 1. The van der Waals surface area contributed by atoms with Gasteiger partial charge in [0, 0.05) is 31.2 Å².